The number of ether oxygens (including phenoxy) is 1. The summed E-state index contributed by atoms with van der Waals surface area (Å²) in [5.74, 6) is 1.21. The van der Waals surface area contributed by atoms with Crippen molar-refractivity contribution in [3.8, 4) is 0 Å². The molecule has 0 saturated heterocycles. The van der Waals surface area contributed by atoms with Crippen LogP contribution in [0.4, 0.5) is 22.2 Å². The van der Waals surface area contributed by atoms with E-state index in [2.05, 4.69) is 55.2 Å². The van der Waals surface area contributed by atoms with E-state index >= 15 is 0 Å². The molecule has 0 aliphatic carbocycles. The van der Waals surface area contributed by atoms with E-state index in [1.807, 2.05) is 18.2 Å². The van der Waals surface area contributed by atoms with Crippen LogP contribution in [0.3, 0.4) is 0 Å². The van der Waals surface area contributed by atoms with Crippen molar-refractivity contribution in [2.45, 2.75) is 20.3 Å². The fraction of sp³-hybridized carbons (Fsp3) is 0.294. The van der Waals surface area contributed by atoms with Crippen molar-refractivity contribution in [1.29, 1.82) is 0 Å². The zero-order valence-corrected chi connectivity index (χ0v) is 16.6. The number of aromatic nitrogens is 4. The Kier molecular flexibility index (Phi) is 5.86. The molecule has 9 heteroatoms. The van der Waals surface area contributed by atoms with E-state index in [4.69, 9.17) is 4.74 Å². The number of rotatable bonds is 6. The smallest absolute Gasteiger partial charge is 0.435 e. The standard InChI is InChI=1S/C17H19IN6O2/c1-3-8-19-15-12(18)10-20-16(23-15)22-13-7-5-6-11-9-21-24(14(11)13)17(25)26-4-2/h5-7,9-10H,3-4,8H2,1-2H3,(H2,19,20,22,23). The first-order valence-corrected chi connectivity index (χ1v) is 9.39. The summed E-state index contributed by atoms with van der Waals surface area (Å²) < 4.78 is 7.25. The minimum atomic E-state index is -0.523. The highest BCUT2D eigenvalue weighted by Gasteiger charge is 2.15. The number of halogens is 1. The molecule has 0 radical (unpaired) electrons. The van der Waals surface area contributed by atoms with E-state index in [9.17, 15) is 4.79 Å². The Labute approximate surface area is 164 Å². The molecule has 2 heterocycles. The van der Waals surface area contributed by atoms with E-state index in [-0.39, 0.29) is 6.61 Å². The van der Waals surface area contributed by atoms with E-state index in [1.165, 1.54) is 4.68 Å². The molecule has 3 rings (SSSR count). The van der Waals surface area contributed by atoms with Crippen LogP contribution in [-0.2, 0) is 4.74 Å². The van der Waals surface area contributed by atoms with E-state index in [1.54, 1.807) is 19.3 Å². The second-order valence-corrected chi connectivity index (χ2v) is 6.60. The van der Waals surface area contributed by atoms with Crippen LogP contribution >= 0.6 is 22.6 Å². The number of para-hydroxylation sites is 1. The largest absolute Gasteiger partial charge is 0.448 e. The molecule has 0 bridgehead atoms. The Hall–Kier alpha value is -2.43. The first-order chi connectivity index (χ1) is 12.6. The molecular weight excluding hydrogens is 447 g/mol. The average molecular weight is 466 g/mol. The maximum atomic E-state index is 12.1. The third kappa shape index (κ3) is 3.87. The van der Waals surface area contributed by atoms with Gasteiger partial charge in [-0.15, -0.1) is 0 Å². The molecule has 3 aromatic rings. The Bertz CT molecular complexity index is 927. The van der Waals surface area contributed by atoms with E-state index in [0.717, 1.165) is 27.7 Å². The maximum Gasteiger partial charge on any atom is 0.435 e. The van der Waals surface area contributed by atoms with Gasteiger partial charge in [-0.05, 0) is 42.0 Å². The van der Waals surface area contributed by atoms with Gasteiger partial charge in [-0.2, -0.15) is 14.8 Å². The number of hydrogen-bond acceptors (Lipinski definition) is 7. The molecule has 8 nitrogen and oxygen atoms in total. The summed E-state index contributed by atoms with van der Waals surface area (Å²) in [6.07, 6.45) is 3.85. The second-order valence-electron chi connectivity index (χ2n) is 5.44. The molecule has 0 fully saturated rings. The fourth-order valence-corrected chi connectivity index (χ4v) is 2.87. The topological polar surface area (TPSA) is 94.0 Å². The number of carbonyl (C=O) groups excluding carboxylic acids is 1. The van der Waals surface area contributed by atoms with Gasteiger partial charge in [0.15, 0.2) is 0 Å². The lowest BCUT2D eigenvalue weighted by Crippen LogP contribution is -2.15. The maximum absolute atomic E-state index is 12.1. The monoisotopic (exact) mass is 466 g/mol. The Morgan fingerprint density at radius 2 is 2.15 bits per heavy atom. The number of hydrogen-bond donors (Lipinski definition) is 2. The summed E-state index contributed by atoms with van der Waals surface area (Å²) in [7, 11) is 0. The first-order valence-electron chi connectivity index (χ1n) is 8.31. The molecule has 136 valence electrons. The lowest BCUT2D eigenvalue weighted by Gasteiger charge is -2.11. The number of benzene rings is 1. The number of carbonyl (C=O) groups is 1. The Morgan fingerprint density at radius 3 is 2.92 bits per heavy atom. The van der Waals surface area contributed by atoms with Crippen LogP contribution in [0.25, 0.3) is 10.9 Å². The molecular formula is C17H19IN6O2. The van der Waals surface area contributed by atoms with E-state index in [0.29, 0.717) is 17.2 Å². The molecule has 2 N–H and O–H groups in total. The van der Waals surface area contributed by atoms with E-state index < -0.39 is 6.09 Å². The molecule has 1 aromatic carbocycles. The van der Waals surface area contributed by atoms with Crippen LogP contribution in [0, 0.1) is 3.57 Å². The van der Waals surface area contributed by atoms with Crippen molar-refractivity contribution in [1.82, 2.24) is 19.7 Å². The van der Waals surface area contributed by atoms with Gasteiger partial charge in [-0.3, -0.25) is 0 Å². The van der Waals surface area contributed by atoms with Crippen molar-refractivity contribution in [3.05, 3.63) is 34.2 Å². The van der Waals surface area contributed by atoms with Crippen molar-refractivity contribution in [2.24, 2.45) is 0 Å². The lowest BCUT2D eigenvalue weighted by atomic mass is 10.2. The molecule has 0 unspecified atom stereocenters. The number of anilines is 3. The fourth-order valence-electron chi connectivity index (χ4n) is 2.42. The third-order valence-electron chi connectivity index (χ3n) is 3.57. The van der Waals surface area contributed by atoms with Gasteiger partial charge in [0.05, 0.1) is 22.1 Å². The van der Waals surface area contributed by atoms with Crippen molar-refractivity contribution < 1.29 is 9.53 Å². The summed E-state index contributed by atoms with van der Waals surface area (Å²) in [6.45, 7) is 4.96. The highest BCUT2D eigenvalue weighted by atomic mass is 127. The lowest BCUT2D eigenvalue weighted by molar-refractivity contribution is 0.151. The van der Waals surface area contributed by atoms with Crippen LogP contribution in [0.5, 0.6) is 0 Å². The number of nitrogens with zero attached hydrogens (tertiary/aromatic N) is 4. The van der Waals surface area contributed by atoms with Gasteiger partial charge in [0.2, 0.25) is 5.95 Å². The van der Waals surface area contributed by atoms with Crippen LogP contribution in [0.2, 0.25) is 0 Å². The SMILES string of the molecule is CCCNc1nc(Nc2cccc3cnn(C(=O)OCC)c23)ncc1I. The molecule has 2 aromatic heterocycles. The molecule has 0 aliphatic heterocycles. The summed E-state index contributed by atoms with van der Waals surface area (Å²) in [5.41, 5.74) is 1.30. The minimum absolute atomic E-state index is 0.280. The summed E-state index contributed by atoms with van der Waals surface area (Å²) >= 11 is 2.19. The molecule has 0 saturated carbocycles. The Morgan fingerprint density at radius 1 is 1.31 bits per heavy atom. The van der Waals surface area contributed by atoms with Crippen molar-refractivity contribution in [2.75, 3.05) is 23.8 Å². The van der Waals surface area contributed by atoms with Gasteiger partial charge in [-0.25, -0.2) is 9.78 Å². The summed E-state index contributed by atoms with van der Waals surface area (Å²) in [6, 6.07) is 5.61. The zero-order valence-electron chi connectivity index (χ0n) is 14.5. The number of fused-ring (bicyclic) bond motifs is 1. The van der Waals surface area contributed by atoms with Gasteiger partial charge < -0.3 is 15.4 Å². The number of nitrogens with one attached hydrogen (secondary N) is 2. The van der Waals surface area contributed by atoms with Gasteiger partial charge in [-0.1, -0.05) is 19.1 Å². The van der Waals surface area contributed by atoms with Crippen LogP contribution < -0.4 is 10.6 Å². The Balaban J connectivity index is 1.96. The summed E-state index contributed by atoms with van der Waals surface area (Å²) in [4.78, 5) is 21.0. The predicted molar refractivity (Wildman–Crippen MR) is 109 cm³/mol. The van der Waals surface area contributed by atoms with Crippen molar-refractivity contribution >= 4 is 57.0 Å². The highest BCUT2D eigenvalue weighted by molar-refractivity contribution is 14.1. The summed E-state index contributed by atoms with van der Waals surface area (Å²) in [5, 5.41) is 11.4. The van der Waals surface area contributed by atoms with Crippen molar-refractivity contribution in [3.63, 3.8) is 0 Å². The quantitative estimate of drug-likeness (QED) is 0.531. The second kappa shape index (κ2) is 8.30. The molecule has 0 atom stereocenters. The molecule has 0 aliphatic rings. The van der Waals surface area contributed by atoms with Gasteiger partial charge in [0.25, 0.3) is 0 Å². The van der Waals surface area contributed by atoms with Crippen LogP contribution in [-0.4, -0.2) is 39.0 Å². The molecule has 26 heavy (non-hydrogen) atoms. The average Bonchev–Trinajstić information content (AvgIpc) is 3.07. The van der Waals surface area contributed by atoms with Gasteiger partial charge >= 0.3 is 6.09 Å². The molecule has 0 amide bonds. The normalized spacial score (nSPS) is 10.7. The first kappa shape index (κ1) is 18.4. The minimum Gasteiger partial charge on any atom is -0.448 e. The highest BCUT2D eigenvalue weighted by Crippen LogP contribution is 2.26. The van der Waals surface area contributed by atoms with Crippen LogP contribution in [0.15, 0.2) is 30.6 Å². The third-order valence-corrected chi connectivity index (χ3v) is 4.35. The van der Waals surface area contributed by atoms with Crippen LogP contribution in [0.1, 0.15) is 20.3 Å². The zero-order chi connectivity index (χ0) is 18.5. The van der Waals surface area contributed by atoms with Gasteiger partial charge in [0.1, 0.15) is 11.3 Å². The molecule has 0 spiro atoms. The predicted octanol–water partition coefficient (Wildman–Crippen LogP) is 4.00. The van der Waals surface area contributed by atoms with Gasteiger partial charge in [0, 0.05) is 18.1 Å².